The van der Waals surface area contributed by atoms with Gasteiger partial charge in [-0.15, -0.1) is 0 Å². The normalized spacial score (nSPS) is 14.7. The molecule has 6 nitrogen and oxygen atoms in total. The molecule has 1 aromatic carbocycles. The molecule has 6 heteroatoms. The van der Waals surface area contributed by atoms with Crippen LogP contribution >= 0.6 is 0 Å². The number of hydrogen-bond donors (Lipinski definition) is 0. The Bertz CT molecular complexity index is 1390. The second kappa shape index (κ2) is 8.49. The molecule has 3 heterocycles. The lowest BCUT2D eigenvalue weighted by molar-refractivity contribution is 0.498. The van der Waals surface area contributed by atoms with Gasteiger partial charge in [-0.05, 0) is 63.5 Å². The van der Waals surface area contributed by atoms with E-state index in [1.54, 1.807) is 0 Å². The molecule has 0 atom stereocenters. The first kappa shape index (κ1) is 20.9. The summed E-state index contributed by atoms with van der Waals surface area (Å²) in [5.41, 5.74) is 5.31. The lowest BCUT2D eigenvalue weighted by Crippen LogP contribution is -2.25. The van der Waals surface area contributed by atoms with Crippen molar-refractivity contribution < 1.29 is 0 Å². The van der Waals surface area contributed by atoms with Gasteiger partial charge in [-0.25, -0.2) is 15.0 Å². The average Bonchev–Trinajstić information content (AvgIpc) is 3.08. The van der Waals surface area contributed by atoms with Crippen LogP contribution in [0, 0.1) is 12.8 Å². The van der Waals surface area contributed by atoms with Crippen molar-refractivity contribution in [3.05, 3.63) is 52.1 Å². The highest BCUT2D eigenvalue weighted by molar-refractivity contribution is 6.04. The van der Waals surface area contributed by atoms with Gasteiger partial charge in [0.1, 0.15) is 16.7 Å². The molecule has 0 spiro atoms. The first-order chi connectivity index (χ1) is 15.5. The van der Waals surface area contributed by atoms with E-state index in [-0.39, 0.29) is 5.56 Å². The van der Waals surface area contributed by atoms with Crippen molar-refractivity contribution in [1.82, 2.24) is 24.1 Å². The zero-order valence-corrected chi connectivity index (χ0v) is 19.3. The molecule has 0 saturated carbocycles. The monoisotopic (exact) mass is 429 g/mol. The maximum absolute atomic E-state index is 13.7. The smallest absolute Gasteiger partial charge is 0.265 e. The molecule has 0 aliphatic heterocycles. The van der Waals surface area contributed by atoms with Crippen LogP contribution in [0.5, 0.6) is 0 Å². The summed E-state index contributed by atoms with van der Waals surface area (Å²) in [7, 11) is 0. The second-order valence-electron chi connectivity index (χ2n) is 9.39. The first-order valence-corrected chi connectivity index (χ1v) is 11.9. The van der Waals surface area contributed by atoms with Gasteiger partial charge in [-0.3, -0.25) is 9.36 Å². The summed E-state index contributed by atoms with van der Waals surface area (Å²) in [5, 5.41) is 0.602. The van der Waals surface area contributed by atoms with E-state index in [0.29, 0.717) is 23.4 Å². The molecule has 0 radical (unpaired) electrons. The van der Waals surface area contributed by atoms with E-state index < -0.39 is 0 Å². The van der Waals surface area contributed by atoms with Crippen LogP contribution < -0.4 is 5.56 Å². The zero-order valence-electron chi connectivity index (χ0n) is 19.3. The fraction of sp³-hybridized carbons (Fsp3) is 0.462. The topological polar surface area (TPSA) is 65.6 Å². The summed E-state index contributed by atoms with van der Waals surface area (Å²) in [6.45, 7) is 7.72. The van der Waals surface area contributed by atoms with Gasteiger partial charge >= 0.3 is 0 Å². The van der Waals surface area contributed by atoms with Crippen LogP contribution in [0.4, 0.5) is 0 Å². The minimum Gasteiger partial charge on any atom is -0.308 e. The first-order valence-electron chi connectivity index (χ1n) is 11.9. The fourth-order valence-corrected chi connectivity index (χ4v) is 4.75. The van der Waals surface area contributed by atoms with E-state index in [9.17, 15) is 4.79 Å². The van der Waals surface area contributed by atoms with Crippen molar-refractivity contribution in [2.75, 3.05) is 0 Å². The molecule has 0 bridgehead atoms. The summed E-state index contributed by atoms with van der Waals surface area (Å²) in [6, 6.07) is 7.87. The molecule has 1 aliphatic rings. The zero-order chi connectivity index (χ0) is 22.2. The van der Waals surface area contributed by atoms with Crippen LogP contribution in [0.3, 0.4) is 0 Å². The van der Waals surface area contributed by atoms with E-state index in [1.807, 2.05) is 35.8 Å². The van der Waals surface area contributed by atoms with Crippen LogP contribution in [0.2, 0.25) is 0 Å². The second-order valence-corrected chi connectivity index (χ2v) is 9.39. The number of hydrogen-bond acceptors (Lipinski definition) is 4. The lowest BCUT2D eigenvalue weighted by atomic mass is 9.97. The largest absolute Gasteiger partial charge is 0.308 e. The number of nitrogens with zero attached hydrogens (tertiary/aromatic N) is 5. The number of rotatable bonds is 6. The minimum absolute atomic E-state index is 0.00152. The van der Waals surface area contributed by atoms with Crippen LogP contribution in [0.15, 0.2) is 40.7 Å². The van der Waals surface area contributed by atoms with Crippen molar-refractivity contribution in [3.8, 4) is 0 Å². The van der Waals surface area contributed by atoms with Gasteiger partial charge < -0.3 is 4.57 Å². The SMILES string of the molecule is Cc1nc2c(c(=O)n1CCC(C)C)c1nc3ccccc3nc1n2CCC1=CCCCC1. The highest BCUT2D eigenvalue weighted by Gasteiger charge is 2.21. The van der Waals surface area contributed by atoms with Crippen molar-refractivity contribution in [3.63, 3.8) is 0 Å². The molecular weight excluding hydrogens is 398 g/mol. The Hall–Kier alpha value is -3.02. The molecule has 1 aliphatic carbocycles. The number of benzene rings is 1. The number of allylic oxidation sites excluding steroid dienone is 2. The molecule has 166 valence electrons. The van der Waals surface area contributed by atoms with E-state index in [1.165, 1.54) is 31.3 Å². The molecule has 32 heavy (non-hydrogen) atoms. The third-order valence-electron chi connectivity index (χ3n) is 6.61. The van der Waals surface area contributed by atoms with Crippen LogP contribution in [-0.2, 0) is 13.1 Å². The Balaban J connectivity index is 1.73. The van der Waals surface area contributed by atoms with Gasteiger partial charge in [0, 0.05) is 13.1 Å². The molecule has 3 aromatic heterocycles. The highest BCUT2D eigenvalue weighted by Crippen LogP contribution is 2.28. The summed E-state index contributed by atoms with van der Waals surface area (Å²) in [4.78, 5) is 28.4. The maximum Gasteiger partial charge on any atom is 0.265 e. The fourth-order valence-electron chi connectivity index (χ4n) is 4.75. The summed E-state index contributed by atoms with van der Waals surface area (Å²) in [6.07, 6.45) is 9.18. The van der Waals surface area contributed by atoms with Crippen LogP contribution in [0.25, 0.3) is 33.2 Å². The molecule has 0 saturated heterocycles. The molecule has 0 fully saturated rings. The Morgan fingerprint density at radius 1 is 0.969 bits per heavy atom. The van der Waals surface area contributed by atoms with Crippen molar-refractivity contribution in [2.24, 2.45) is 5.92 Å². The molecule has 4 aromatic rings. The summed E-state index contributed by atoms with van der Waals surface area (Å²) in [5.74, 6) is 1.28. The van der Waals surface area contributed by atoms with Crippen LogP contribution in [0.1, 0.15) is 58.2 Å². The predicted molar refractivity (Wildman–Crippen MR) is 130 cm³/mol. The quantitative estimate of drug-likeness (QED) is 0.378. The summed E-state index contributed by atoms with van der Waals surface area (Å²) < 4.78 is 3.94. The van der Waals surface area contributed by atoms with Gasteiger partial charge in [-0.2, -0.15) is 0 Å². The standard InChI is InChI=1S/C26H31N5O/c1-17(2)13-15-30-18(3)27-24-22(26(30)32)23-25(29-21-12-8-7-11-20(21)28-23)31(24)16-14-19-9-5-4-6-10-19/h7-9,11-12,17H,4-6,10,13-16H2,1-3H3. The number of aromatic nitrogens is 5. The number of fused-ring (bicyclic) bond motifs is 4. The predicted octanol–water partition coefficient (Wildman–Crippen LogP) is 5.54. The van der Waals surface area contributed by atoms with Gasteiger partial charge in [0.25, 0.3) is 5.56 Å². The third-order valence-corrected chi connectivity index (χ3v) is 6.61. The van der Waals surface area contributed by atoms with E-state index in [2.05, 4.69) is 24.5 Å². The van der Waals surface area contributed by atoms with E-state index >= 15 is 0 Å². The molecule has 0 amide bonds. The Kier molecular flexibility index (Phi) is 5.53. The summed E-state index contributed by atoms with van der Waals surface area (Å²) >= 11 is 0. The number of aryl methyl sites for hydroxylation is 2. The third kappa shape index (κ3) is 3.72. The molecule has 0 unspecified atom stereocenters. The molecule has 0 N–H and O–H groups in total. The molecule has 5 rings (SSSR count). The van der Waals surface area contributed by atoms with Crippen LogP contribution in [-0.4, -0.2) is 24.1 Å². The van der Waals surface area contributed by atoms with E-state index in [4.69, 9.17) is 15.0 Å². The van der Waals surface area contributed by atoms with Gasteiger partial charge in [0.15, 0.2) is 11.3 Å². The van der Waals surface area contributed by atoms with E-state index in [0.717, 1.165) is 47.5 Å². The Labute approximate surface area is 188 Å². The highest BCUT2D eigenvalue weighted by atomic mass is 16.1. The van der Waals surface area contributed by atoms with Gasteiger partial charge in [0.2, 0.25) is 0 Å². The van der Waals surface area contributed by atoms with Crippen molar-refractivity contribution in [1.29, 1.82) is 0 Å². The number of para-hydroxylation sites is 2. The van der Waals surface area contributed by atoms with Gasteiger partial charge in [-0.1, -0.05) is 37.6 Å². The lowest BCUT2D eigenvalue weighted by Gasteiger charge is -2.14. The van der Waals surface area contributed by atoms with Crippen molar-refractivity contribution >= 4 is 33.2 Å². The Morgan fingerprint density at radius 3 is 2.47 bits per heavy atom. The Morgan fingerprint density at radius 2 is 1.75 bits per heavy atom. The minimum atomic E-state index is -0.00152. The van der Waals surface area contributed by atoms with Crippen molar-refractivity contribution in [2.45, 2.75) is 72.4 Å². The molecular formula is C26H31N5O. The van der Waals surface area contributed by atoms with Gasteiger partial charge in [0.05, 0.1) is 11.0 Å². The average molecular weight is 430 g/mol. The maximum atomic E-state index is 13.7.